The Bertz CT molecular complexity index is 452. The molecule has 18 heavy (non-hydrogen) atoms. The van der Waals surface area contributed by atoms with Crippen molar-refractivity contribution in [2.24, 2.45) is 0 Å². The van der Waals surface area contributed by atoms with Gasteiger partial charge < -0.3 is 18.5 Å². The minimum Gasteiger partial charge on any atom is -0.462 e. The molecule has 2 heterocycles. The molecule has 1 aliphatic rings. The van der Waals surface area contributed by atoms with Crippen molar-refractivity contribution in [2.75, 3.05) is 7.11 Å². The van der Waals surface area contributed by atoms with Gasteiger partial charge in [-0.3, -0.25) is 0 Å². The Balaban J connectivity index is 2.20. The average Bonchev–Trinajstić information content (AvgIpc) is 2.82. The number of ether oxygens (including phenoxy) is 1. The highest BCUT2D eigenvalue weighted by Crippen LogP contribution is 2.36. The van der Waals surface area contributed by atoms with Crippen LogP contribution in [0.25, 0.3) is 0 Å². The molecule has 0 amide bonds. The second-order valence-electron chi connectivity index (χ2n) is 5.16. The van der Waals surface area contributed by atoms with E-state index in [-0.39, 0.29) is 5.89 Å². The van der Waals surface area contributed by atoms with Gasteiger partial charge in [-0.1, -0.05) is 0 Å². The van der Waals surface area contributed by atoms with Crippen LogP contribution in [0.1, 0.15) is 38.4 Å². The number of oxazole rings is 1. The van der Waals surface area contributed by atoms with Gasteiger partial charge in [-0.05, 0) is 27.7 Å². The minimum absolute atomic E-state index is 0.109. The van der Waals surface area contributed by atoms with Crippen molar-refractivity contribution in [3.05, 3.63) is 12.2 Å². The van der Waals surface area contributed by atoms with E-state index in [2.05, 4.69) is 9.72 Å². The Kier molecular flexibility index (Phi) is 2.99. The largest absolute Gasteiger partial charge is 0.517 e. The molecule has 0 saturated carbocycles. The third-order valence-corrected chi connectivity index (χ3v) is 3.38. The van der Waals surface area contributed by atoms with E-state index in [1.54, 1.807) is 0 Å². The molecule has 1 fully saturated rings. The number of carbonyl (C=O) groups excluding carboxylic acids is 1. The van der Waals surface area contributed by atoms with Crippen LogP contribution in [0.15, 0.2) is 10.7 Å². The predicted octanol–water partition coefficient (Wildman–Crippen LogP) is 0.760. The molecule has 0 atom stereocenters. The van der Waals surface area contributed by atoms with Crippen LogP contribution < -0.4 is 5.59 Å². The van der Waals surface area contributed by atoms with E-state index in [0.29, 0.717) is 5.59 Å². The van der Waals surface area contributed by atoms with Crippen molar-refractivity contribution in [1.29, 1.82) is 0 Å². The lowest BCUT2D eigenvalue weighted by molar-refractivity contribution is 0.00578. The van der Waals surface area contributed by atoms with E-state index in [1.165, 1.54) is 13.4 Å². The summed E-state index contributed by atoms with van der Waals surface area (Å²) in [4.78, 5) is 15.2. The predicted molar refractivity (Wildman–Crippen MR) is 63.6 cm³/mol. The molecule has 0 aliphatic carbocycles. The van der Waals surface area contributed by atoms with Crippen LogP contribution in [0.3, 0.4) is 0 Å². The SMILES string of the molecule is COC(=O)c1nc(B2OC(C)(C)C(C)(C)O2)co1. The molecular weight excluding hydrogens is 237 g/mol. The zero-order valence-electron chi connectivity index (χ0n) is 11.1. The van der Waals surface area contributed by atoms with Crippen LogP contribution >= 0.6 is 0 Å². The molecule has 98 valence electrons. The second kappa shape index (κ2) is 4.10. The molecule has 0 spiro atoms. The van der Waals surface area contributed by atoms with E-state index < -0.39 is 24.3 Å². The third-order valence-electron chi connectivity index (χ3n) is 3.38. The van der Waals surface area contributed by atoms with Crippen molar-refractivity contribution >= 4 is 18.7 Å². The van der Waals surface area contributed by atoms with Gasteiger partial charge in [-0.25, -0.2) is 9.78 Å². The summed E-state index contributed by atoms with van der Waals surface area (Å²) >= 11 is 0. The fourth-order valence-electron chi connectivity index (χ4n) is 1.54. The highest BCUT2D eigenvalue weighted by Gasteiger charge is 2.53. The number of aromatic nitrogens is 1. The van der Waals surface area contributed by atoms with E-state index in [1.807, 2.05) is 27.7 Å². The Morgan fingerprint density at radius 1 is 1.28 bits per heavy atom. The first kappa shape index (κ1) is 13.1. The van der Waals surface area contributed by atoms with Crippen LogP contribution in [0.5, 0.6) is 0 Å². The van der Waals surface area contributed by atoms with Crippen molar-refractivity contribution < 1.29 is 23.3 Å². The Morgan fingerprint density at radius 2 is 1.83 bits per heavy atom. The quantitative estimate of drug-likeness (QED) is 0.572. The summed E-state index contributed by atoms with van der Waals surface area (Å²) in [5.74, 6) is -0.736. The van der Waals surface area contributed by atoms with Gasteiger partial charge in [-0.15, -0.1) is 0 Å². The standard InChI is InChI=1S/C11H16BNO5/c1-10(2)11(3,4)18-12(17-10)7-6-16-8(13-7)9(14)15-5/h6H,1-5H3. The van der Waals surface area contributed by atoms with Crippen LogP contribution in [-0.2, 0) is 14.0 Å². The first-order chi connectivity index (χ1) is 8.27. The normalized spacial score (nSPS) is 21.1. The number of hydrogen-bond donors (Lipinski definition) is 0. The smallest absolute Gasteiger partial charge is 0.462 e. The van der Waals surface area contributed by atoms with E-state index in [0.717, 1.165) is 0 Å². The molecule has 6 nitrogen and oxygen atoms in total. The van der Waals surface area contributed by atoms with Crippen LogP contribution in [0.2, 0.25) is 0 Å². The topological polar surface area (TPSA) is 70.8 Å². The van der Waals surface area contributed by atoms with Gasteiger partial charge in [-0.2, -0.15) is 0 Å². The van der Waals surface area contributed by atoms with Gasteiger partial charge in [0.25, 0.3) is 0 Å². The van der Waals surface area contributed by atoms with Crippen LogP contribution in [-0.4, -0.2) is 36.4 Å². The monoisotopic (exact) mass is 253 g/mol. The average molecular weight is 253 g/mol. The summed E-state index contributed by atoms with van der Waals surface area (Å²) in [6, 6.07) is 0. The summed E-state index contributed by atoms with van der Waals surface area (Å²) in [5.41, 5.74) is -0.488. The van der Waals surface area contributed by atoms with Gasteiger partial charge in [0.2, 0.25) is 0 Å². The fraction of sp³-hybridized carbons (Fsp3) is 0.636. The maximum Gasteiger partial charge on any atom is 0.517 e. The number of nitrogens with zero attached hydrogens (tertiary/aromatic N) is 1. The zero-order valence-corrected chi connectivity index (χ0v) is 11.1. The van der Waals surface area contributed by atoms with Gasteiger partial charge in [0.05, 0.1) is 18.3 Å². The number of hydrogen-bond acceptors (Lipinski definition) is 6. The summed E-state index contributed by atoms with van der Waals surface area (Å²) in [6.07, 6.45) is 1.34. The lowest BCUT2D eigenvalue weighted by Gasteiger charge is -2.32. The number of methoxy groups -OCH3 is 1. The Hall–Kier alpha value is -1.34. The Labute approximate surface area is 106 Å². The molecular formula is C11H16BNO5. The van der Waals surface area contributed by atoms with Crippen LogP contribution in [0, 0.1) is 0 Å². The lowest BCUT2D eigenvalue weighted by atomic mass is 9.86. The summed E-state index contributed by atoms with van der Waals surface area (Å²) in [7, 11) is 0.623. The summed E-state index contributed by atoms with van der Waals surface area (Å²) in [5, 5.41) is 0. The van der Waals surface area contributed by atoms with Crippen molar-refractivity contribution in [3.63, 3.8) is 0 Å². The van der Waals surface area contributed by atoms with Crippen LogP contribution in [0.4, 0.5) is 0 Å². The molecule has 1 saturated heterocycles. The fourth-order valence-corrected chi connectivity index (χ4v) is 1.54. The highest BCUT2D eigenvalue weighted by atomic mass is 16.7. The minimum atomic E-state index is -0.642. The first-order valence-electron chi connectivity index (χ1n) is 5.66. The lowest BCUT2D eigenvalue weighted by Crippen LogP contribution is -2.41. The van der Waals surface area contributed by atoms with Crippen molar-refractivity contribution in [2.45, 2.75) is 38.9 Å². The number of carbonyl (C=O) groups is 1. The van der Waals surface area contributed by atoms with Gasteiger partial charge in [0.1, 0.15) is 11.9 Å². The maximum absolute atomic E-state index is 11.2. The number of rotatable bonds is 2. The van der Waals surface area contributed by atoms with Crippen molar-refractivity contribution in [3.8, 4) is 0 Å². The van der Waals surface area contributed by atoms with E-state index in [4.69, 9.17) is 13.7 Å². The van der Waals surface area contributed by atoms with Crippen molar-refractivity contribution in [1.82, 2.24) is 4.98 Å². The maximum atomic E-state index is 11.2. The first-order valence-corrected chi connectivity index (χ1v) is 5.66. The molecule has 7 heteroatoms. The highest BCUT2D eigenvalue weighted by molar-refractivity contribution is 6.61. The number of esters is 1. The van der Waals surface area contributed by atoms with E-state index >= 15 is 0 Å². The second-order valence-corrected chi connectivity index (χ2v) is 5.16. The Morgan fingerprint density at radius 3 is 2.33 bits per heavy atom. The molecule has 1 aliphatic heterocycles. The molecule has 0 aromatic carbocycles. The molecule has 0 unspecified atom stereocenters. The van der Waals surface area contributed by atoms with Gasteiger partial charge >= 0.3 is 19.0 Å². The molecule has 0 radical (unpaired) electrons. The molecule has 2 rings (SSSR count). The summed E-state index contributed by atoms with van der Waals surface area (Å²) < 4.78 is 21.1. The van der Waals surface area contributed by atoms with E-state index in [9.17, 15) is 4.79 Å². The summed E-state index contributed by atoms with van der Waals surface area (Å²) in [6.45, 7) is 7.76. The molecule has 0 bridgehead atoms. The van der Waals surface area contributed by atoms with Gasteiger partial charge in [0, 0.05) is 0 Å². The molecule has 0 N–H and O–H groups in total. The molecule has 1 aromatic heterocycles. The van der Waals surface area contributed by atoms with Gasteiger partial charge in [0.15, 0.2) is 0 Å². The zero-order chi connectivity index (χ0) is 13.6. The third kappa shape index (κ3) is 2.04. The molecule has 1 aromatic rings.